The number of benzene rings is 1. The largest absolute Gasteiger partial charge is 0.437 e. The predicted molar refractivity (Wildman–Crippen MR) is 130 cm³/mol. The van der Waals surface area contributed by atoms with E-state index in [1.165, 1.54) is 64.3 Å². The second-order valence-corrected chi connectivity index (χ2v) is 9.80. The van der Waals surface area contributed by atoms with E-state index in [0.29, 0.717) is 5.75 Å². The minimum Gasteiger partial charge on any atom is -0.437 e. The Morgan fingerprint density at radius 2 is 1.75 bits per heavy atom. The molecule has 1 aromatic rings. The molecule has 32 heavy (non-hydrogen) atoms. The van der Waals surface area contributed by atoms with Crippen molar-refractivity contribution < 1.29 is 9.64 Å². The summed E-state index contributed by atoms with van der Waals surface area (Å²) in [5, 5.41) is 20.1. The highest BCUT2D eigenvalue weighted by molar-refractivity contribution is 5.65. The fraction of sp³-hybridized carbons (Fsp3) is 0.630. The van der Waals surface area contributed by atoms with E-state index < -0.39 is 0 Å². The summed E-state index contributed by atoms with van der Waals surface area (Å²) in [5.74, 6) is 2.65. The van der Waals surface area contributed by atoms with Crippen LogP contribution in [0, 0.1) is 34.5 Å². The minimum absolute atomic E-state index is 0.0544. The molecule has 5 heteroatoms. The summed E-state index contributed by atoms with van der Waals surface area (Å²) < 4.78 is 5.27. The number of para-hydroxylation sites is 2. The second kappa shape index (κ2) is 13.8. The fourth-order valence-electron chi connectivity index (χ4n) is 4.45. The molecular weight excluding hydrogens is 396 g/mol. The number of ether oxygens (including phenoxy) is 1. The van der Waals surface area contributed by atoms with E-state index in [0.717, 1.165) is 23.6 Å². The van der Waals surface area contributed by atoms with Gasteiger partial charge >= 0.3 is 0 Å². The van der Waals surface area contributed by atoms with Gasteiger partial charge < -0.3 is 15.0 Å². The predicted octanol–water partition coefficient (Wildman–Crippen LogP) is 5.44. The van der Waals surface area contributed by atoms with Crippen LogP contribution in [0.4, 0.5) is 5.69 Å². The van der Waals surface area contributed by atoms with Crippen molar-refractivity contribution in [1.82, 2.24) is 0 Å². The third-order valence-electron chi connectivity index (χ3n) is 6.61. The maximum absolute atomic E-state index is 8.62. The summed E-state index contributed by atoms with van der Waals surface area (Å²) in [6, 6.07) is 11.7. The zero-order valence-electron chi connectivity index (χ0n) is 20.4. The highest BCUT2D eigenvalue weighted by Crippen LogP contribution is 2.33. The third kappa shape index (κ3) is 8.56. The zero-order valence-corrected chi connectivity index (χ0v) is 20.4. The molecule has 2 aliphatic rings. The molecule has 5 nitrogen and oxygen atoms in total. The summed E-state index contributed by atoms with van der Waals surface area (Å²) in [7, 11) is 2.43. The van der Waals surface area contributed by atoms with E-state index in [4.69, 9.17) is 15.3 Å². The molecule has 0 saturated heterocycles. The Labute approximate surface area is 195 Å². The molecule has 0 amide bonds. The number of nitrogens with one attached hydrogen (secondary N) is 2. The second-order valence-electron chi connectivity index (χ2n) is 9.80. The van der Waals surface area contributed by atoms with E-state index in [-0.39, 0.29) is 11.5 Å². The number of hydrogen-bond donors (Lipinski definition) is 2. The Balaban J connectivity index is 0.000000233. The average molecular weight is 438 g/mol. The molecule has 1 aromatic carbocycles. The molecule has 3 rings (SSSR count). The number of fused-ring (bicyclic) bond motifs is 1. The van der Waals surface area contributed by atoms with Gasteiger partial charge in [-0.1, -0.05) is 58.6 Å². The molecule has 174 valence electrons. The Bertz CT molecular complexity index is 769. The molecule has 1 heterocycles. The quantitative estimate of drug-likeness (QED) is 0.531. The van der Waals surface area contributed by atoms with Crippen molar-refractivity contribution in [3.8, 4) is 17.9 Å². The number of allylic oxidation sites excluding steroid dienone is 1. The fourth-order valence-corrected chi connectivity index (χ4v) is 4.45. The van der Waals surface area contributed by atoms with Crippen LogP contribution in [0.25, 0.3) is 0 Å². The molecular formula is C27H41N4O+. The SMILES string of the molecule is CC(C)CCCC(C)CC[NH+](C)C1CCCCC1.N#CC(C#N)=C1Nc2ccccc2O1. The Kier molecular flexibility index (Phi) is 11.1. The first-order valence-corrected chi connectivity index (χ1v) is 12.3. The van der Waals surface area contributed by atoms with Gasteiger partial charge in [0.1, 0.15) is 12.1 Å². The third-order valence-corrected chi connectivity index (χ3v) is 6.61. The molecule has 2 N–H and O–H groups in total. The molecule has 1 aliphatic heterocycles. The lowest BCUT2D eigenvalue weighted by Gasteiger charge is -2.29. The lowest BCUT2D eigenvalue weighted by molar-refractivity contribution is -0.908. The van der Waals surface area contributed by atoms with Crippen LogP contribution in [0.3, 0.4) is 0 Å². The summed E-state index contributed by atoms with van der Waals surface area (Å²) in [5.41, 5.74) is 0.715. The standard InChI is InChI=1S/C17H35N.C10H5N3O/c1-15(2)9-8-10-16(3)13-14-18(4)17-11-6-5-7-12-17;11-5-7(6-12)10-13-8-3-1-2-4-9(8)14-10/h15-17H,5-14H2,1-4H3;1-4,13H/p+1. The van der Waals surface area contributed by atoms with Crippen LogP contribution >= 0.6 is 0 Å². The highest BCUT2D eigenvalue weighted by Gasteiger charge is 2.21. The van der Waals surface area contributed by atoms with Gasteiger partial charge in [0.25, 0.3) is 0 Å². The van der Waals surface area contributed by atoms with E-state index >= 15 is 0 Å². The maximum Gasteiger partial charge on any atom is 0.226 e. The van der Waals surface area contributed by atoms with Crippen LogP contribution < -0.4 is 15.0 Å². The van der Waals surface area contributed by atoms with Crippen molar-refractivity contribution in [1.29, 1.82) is 10.5 Å². The van der Waals surface area contributed by atoms with Gasteiger partial charge in [-0.05, 0) is 56.1 Å². The van der Waals surface area contributed by atoms with Crippen molar-refractivity contribution in [3.63, 3.8) is 0 Å². The highest BCUT2D eigenvalue weighted by atomic mass is 16.5. The topological polar surface area (TPSA) is 73.3 Å². The van der Waals surface area contributed by atoms with E-state index in [1.807, 2.05) is 23.1 Å². The minimum atomic E-state index is -0.0544. The zero-order chi connectivity index (χ0) is 23.3. The molecule has 1 aliphatic carbocycles. The van der Waals surface area contributed by atoms with Gasteiger partial charge in [0.2, 0.25) is 5.88 Å². The van der Waals surface area contributed by atoms with E-state index in [9.17, 15) is 0 Å². The maximum atomic E-state index is 8.62. The van der Waals surface area contributed by atoms with Gasteiger partial charge in [-0.3, -0.25) is 0 Å². The first kappa shape index (κ1) is 25.8. The van der Waals surface area contributed by atoms with Crippen molar-refractivity contribution in [2.45, 2.75) is 84.6 Å². The van der Waals surface area contributed by atoms with Crippen molar-refractivity contribution in [2.24, 2.45) is 11.8 Å². The molecule has 2 atom stereocenters. The van der Waals surface area contributed by atoms with Crippen molar-refractivity contribution in [3.05, 3.63) is 35.7 Å². The number of nitriles is 2. The Morgan fingerprint density at radius 3 is 2.38 bits per heavy atom. The lowest BCUT2D eigenvalue weighted by atomic mass is 9.93. The van der Waals surface area contributed by atoms with Crippen LogP contribution in [-0.2, 0) is 0 Å². The molecule has 1 saturated carbocycles. The molecule has 0 aromatic heterocycles. The van der Waals surface area contributed by atoms with Crippen molar-refractivity contribution in [2.75, 3.05) is 18.9 Å². The Morgan fingerprint density at radius 1 is 1.06 bits per heavy atom. The summed E-state index contributed by atoms with van der Waals surface area (Å²) in [6.07, 6.45) is 13.1. The molecule has 0 bridgehead atoms. The lowest BCUT2D eigenvalue weighted by Crippen LogP contribution is -3.13. The van der Waals surface area contributed by atoms with Gasteiger partial charge in [-0.2, -0.15) is 10.5 Å². The van der Waals surface area contributed by atoms with Crippen molar-refractivity contribution >= 4 is 5.69 Å². The van der Waals surface area contributed by atoms with Gasteiger partial charge in [-0.25, -0.2) is 0 Å². The van der Waals surface area contributed by atoms with Crippen LogP contribution in [0.2, 0.25) is 0 Å². The summed E-state index contributed by atoms with van der Waals surface area (Å²) >= 11 is 0. The average Bonchev–Trinajstić information content (AvgIpc) is 3.23. The van der Waals surface area contributed by atoms with Gasteiger partial charge in [-0.15, -0.1) is 0 Å². The molecule has 0 radical (unpaired) electrons. The van der Waals surface area contributed by atoms with E-state index in [1.54, 1.807) is 18.2 Å². The normalized spacial score (nSPS) is 17.0. The summed E-state index contributed by atoms with van der Waals surface area (Å²) in [6.45, 7) is 8.53. The van der Waals surface area contributed by atoms with Gasteiger partial charge in [0.15, 0.2) is 11.3 Å². The monoisotopic (exact) mass is 437 g/mol. The van der Waals surface area contributed by atoms with E-state index in [2.05, 4.69) is 33.1 Å². The number of nitrogens with zero attached hydrogens (tertiary/aromatic N) is 2. The molecule has 0 spiro atoms. The summed E-state index contributed by atoms with van der Waals surface area (Å²) in [4.78, 5) is 1.81. The number of quaternary nitrogens is 1. The Hall–Kier alpha value is -2.50. The first-order valence-electron chi connectivity index (χ1n) is 12.3. The van der Waals surface area contributed by atoms with Crippen LogP contribution in [-0.4, -0.2) is 19.6 Å². The van der Waals surface area contributed by atoms with Crippen LogP contribution in [0.1, 0.15) is 78.6 Å². The molecule has 1 fully saturated rings. The van der Waals surface area contributed by atoms with Crippen LogP contribution in [0.15, 0.2) is 35.7 Å². The first-order chi connectivity index (χ1) is 15.4. The molecule has 2 unspecified atom stereocenters. The van der Waals surface area contributed by atoms with Gasteiger partial charge in [0, 0.05) is 0 Å². The number of anilines is 1. The van der Waals surface area contributed by atoms with Gasteiger partial charge in [0.05, 0.1) is 25.3 Å². The number of rotatable bonds is 8. The van der Waals surface area contributed by atoms with Crippen LogP contribution in [0.5, 0.6) is 5.75 Å². The number of hydrogen-bond acceptors (Lipinski definition) is 4. The smallest absolute Gasteiger partial charge is 0.226 e.